The van der Waals surface area contributed by atoms with Crippen molar-refractivity contribution in [1.29, 1.82) is 0 Å². The summed E-state index contributed by atoms with van der Waals surface area (Å²) in [5, 5.41) is 3.31. The van der Waals surface area contributed by atoms with Crippen molar-refractivity contribution < 1.29 is 8.42 Å². The van der Waals surface area contributed by atoms with E-state index < -0.39 is 10.0 Å². The number of nitrogens with one attached hydrogen (secondary N) is 1. The first-order valence-electron chi connectivity index (χ1n) is 8.06. The van der Waals surface area contributed by atoms with Gasteiger partial charge in [-0.05, 0) is 44.0 Å². The van der Waals surface area contributed by atoms with Crippen molar-refractivity contribution in [3.8, 4) is 0 Å². The van der Waals surface area contributed by atoms with Crippen LogP contribution in [0.25, 0.3) is 0 Å². The van der Waals surface area contributed by atoms with E-state index in [4.69, 9.17) is 0 Å². The van der Waals surface area contributed by atoms with E-state index in [-0.39, 0.29) is 4.90 Å². The molecule has 1 aromatic carbocycles. The molecule has 1 N–H and O–H groups in total. The van der Waals surface area contributed by atoms with Crippen molar-refractivity contribution in [3.63, 3.8) is 0 Å². The van der Waals surface area contributed by atoms with Gasteiger partial charge in [0.2, 0.25) is 0 Å². The van der Waals surface area contributed by atoms with Crippen LogP contribution in [0.4, 0.5) is 11.5 Å². The zero-order chi connectivity index (χ0) is 17.0. The number of benzene rings is 1. The van der Waals surface area contributed by atoms with Crippen LogP contribution in [0, 0.1) is 0 Å². The fourth-order valence-electron chi connectivity index (χ4n) is 2.78. The zero-order valence-corrected chi connectivity index (χ0v) is 14.4. The average Bonchev–Trinajstić information content (AvgIpc) is 3.10. The Morgan fingerprint density at radius 2 is 1.83 bits per heavy atom. The number of para-hydroxylation sites is 1. The third-order valence-corrected chi connectivity index (χ3v) is 5.90. The van der Waals surface area contributed by atoms with E-state index in [0.29, 0.717) is 24.1 Å². The molecule has 0 bridgehead atoms. The van der Waals surface area contributed by atoms with Crippen LogP contribution < -0.4 is 9.62 Å². The SMILES string of the molecule is CCN(c1ccccc1)S(=O)(=O)c1ccc(NC2CC=CC2)nc1. The van der Waals surface area contributed by atoms with Gasteiger partial charge in [0.1, 0.15) is 10.7 Å². The summed E-state index contributed by atoms with van der Waals surface area (Å²) >= 11 is 0. The second-order valence-electron chi connectivity index (χ2n) is 5.67. The van der Waals surface area contributed by atoms with Crippen molar-refractivity contribution in [3.05, 3.63) is 60.8 Å². The van der Waals surface area contributed by atoms with Gasteiger partial charge >= 0.3 is 0 Å². The normalized spacial score (nSPS) is 14.7. The average molecular weight is 343 g/mol. The number of hydrogen-bond acceptors (Lipinski definition) is 4. The molecule has 0 saturated heterocycles. The molecule has 0 amide bonds. The van der Waals surface area contributed by atoms with E-state index in [0.717, 1.165) is 12.8 Å². The molecule has 2 aromatic rings. The molecule has 5 nitrogen and oxygen atoms in total. The molecule has 1 heterocycles. The molecular weight excluding hydrogens is 322 g/mol. The van der Waals surface area contributed by atoms with Crippen LogP contribution in [-0.2, 0) is 10.0 Å². The molecular formula is C18H21N3O2S. The summed E-state index contributed by atoms with van der Waals surface area (Å²) in [6, 6.07) is 12.8. The van der Waals surface area contributed by atoms with Gasteiger partial charge in [-0.2, -0.15) is 0 Å². The molecule has 0 saturated carbocycles. The Morgan fingerprint density at radius 1 is 1.12 bits per heavy atom. The molecule has 1 aromatic heterocycles. The monoisotopic (exact) mass is 343 g/mol. The largest absolute Gasteiger partial charge is 0.367 e. The van der Waals surface area contributed by atoms with Crippen LogP contribution in [-0.4, -0.2) is 26.0 Å². The van der Waals surface area contributed by atoms with Crippen molar-refractivity contribution in [2.75, 3.05) is 16.2 Å². The predicted octanol–water partition coefficient (Wildman–Crippen LogP) is 3.43. The molecule has 1 aliphatic rings. The second kappa shape index (κ2) is 7.05. The van der Waals surface area contributed by atoms with E-state index in [1.807, 2.05) is 25.1 Å². The lowest BCUT2D eigenvalue weighted by atomic mass is 10.2. The smallest absolute Gasteiger partial charge is 0.265 e. The Kier molecular flexibility index (Phi) is 4.85. The minimum Gasteiger partial charge on any atom is -0.367 e. The number of pyridine rings is 1. The van der Waals surface area contributed by atoms with Gasteiger partial charge in [0.05, 0.1) is 5.69 Å². The van der Waals surface area contributed by atoms with Crippen LogP contribution in [0.1, 0.15) is 19.8 Å². The third-order valence-electron chi connectivity index (χ3n) is 4.02. The summed E-state index contributed by atoms with van der Waals surface area (Å²) in [5.41, 5.74) is 0.652. The van der Waals surface area contributed by atoms with Crippen molar-refractivity contribution in [2.45, 2.75) is 30.7 Å². The summed E-state index contributed by atoms with van der Waals surface area (Å²) in [6.45, 7) is 2.18. The van der Waals surface area contributed by atoms with Crippen molar-refractivity contribution in [1.82, 2.24) is 4.98 Å². The van der Waals surface area contributed by atoms with Crippen LogP contribution >= 0.6 is 0 Å². The van der Waals surface area contributed by atoms with Gasteiger partial charge in [-0.25, -0.2) is 13.4 Å². The number of aromatic nitrogens is 1. The van der Waals surface area contributed by atoms with Gasteiger partial charge in [0.15, 0.2) is 0 Å². The summed E-state index contributed by atoms with van der Waals surface area (Å²) in [4.78, 5) is 4.47. The minimum absolute atomic E-state index is 0.198. The summed E-state index contributed by atoms with van der Waals surface area (Å²) in [7, 11) is -3.62. The molecule has 126 valence electrons. The fraction of sp³-hybridized carbons (Fsp3) is 0.278. The van der Waals surface area contributed by atoms with Gasteiger partial charge < -0.3 is 5.32 Å². The number of anilines is 2. The number of rotatable bonds is 6. The lowest BCUT2D eigenvalue weighted by Crippen LogP contribution is -2.30. The summed E-state index contributed by atoms with van der Waals surface area (Å²) in [5.74, 6) is 0.699. The first kappa shape index (κ1) is 16.5. The maximum atomic E-state index is 12.9. The van der Waals surface area contributed by atoms with Gasteiger partial charge in [-0.15, -0.1) is 0 Å². The molecule has 24 heavy (non-hydrogen) atoms. The van der Waals surface area contributed by atoms with Gasteiger partial charge in [0.25, 0.3) is 10.0 Å². The van der Waals surface area contributed by atoms with E-state index in [1.165, 1.54) is 10.5 Å². The quantitative estimate of drug-likeness (QED) is 0.816. The zero-order valence-electron chi connectivity index (χ0n) is 13.6. The Morgan fingerprint density at radius 3 is 2.42 bits per heavy atom. The first-order valence-corrected chi connectivity index (χ1v) is 9.50. The summed E-state index contributed by atoms with van der Waals surface area (Å²) < 4.78 is 27.1. The van der Waals surface area contributed by atoms with E-state index in [2.05, 4.69) is 22.5 Å². The number of nitrogens with zero attached hydrogens (tertiary/aromatic N) is 2. The highest BCUT2D eigenvalue weighted by Crippen LogP contribution is 2.24. The Bertz CT molecular complexity index is 794. The molecule has 0 radical (unpaired) electrons. The van der Waals surface area contributed by atoms with Crippen molar-refractivity contribution in [2.24, 2.45) is 0 Å². The van der Waals surface area contributed by atoms with Crippen LogP contribution in [0.15, 0.2) is 65.7 Å². The predicted molar refractivity (Wildman–Crippen MR) is 96.7 cm³/mol. The maximum absolute atomic E-state index is 12.9. The lowest BCUT2D eigenvalue weighted by molar-refractivity contribution is 0.591. The lowest BCUT2D eigenvalue weighted by Gasteiger charge is -2.23. The van der Waals surface area contributed by atoms with E-state index >= 15 is 0 Å². The highest BCUT2D eigenvalue weighted by atomic mass is 32.2. The molecule has 3 rings (SSSR count). The van der Waals surface area contributed by atoms with E-state index in [1.54, 1.807) is 24.3 Å². The molecule has 0 fully saturated rings. The van der Waals surface area contributed by atoms with Crippen LogP contribution in [0.5, 0.6) is 0 Å². The standard InChI is InChI=1S/C18H21N3O2S/c1-2-21(16-10-4-3-5-11-16)24(22,23)17-12-13-18(19-14-17)20-15-8-6-7-9-15/h3-7,10-15H,2,8-9H2,1H3,(H,19,20). The highest BCUT2D eigenvalue weighted by molar-refractivity contribution is 7.92. The molecule has 0 aliphatic heterocycles. The molecule has 6 heteroatoms. The Hall–Kier alpha value is -2.34. The second-order valence-corrected chi connectivity index (χ2v) is 7.53. The van der Waals surface area contributed by atoms with Gasteiger partial charge in [-0.1, -0.05) is 30.4 Å². The Labute approximate surface area is 143 Å². The van der Waals surface area contributed by atoms with Crippen LogP contribution in [0.2, 0.25) is 0 Å². The van der Waals surface area contributed by atoms with Gasteiger partial charge in [-0.3, -0.25) is 4.31 Å². The third kappa shape index (κ3) is 3.43. The summed E-state index contributed by atoms with van der Waals surface area (Å²) in [6.07, 6.45) is 7.63. The molecule has 0 spiro atoms. The Balaban J connectivity index is 1.81. The maximum Gasteiger partial charge on any atom is 0.265 e. The fourth-order valence-corrected chi connectivity index (χ4v) is 4.19. The molecule has 0 unspecified atom stereocenters. The topological polar surface area (TPSA) is 62.3 Å². The number of hydrogen-bond donors (Lipinski definition) is 1. The molecule has 1 aliphatic carbocycles. The van der Waals surface area contributed by atoms with Crippen LogP contribution in [0.3, 0.4) is 0 Å². The van der Waals surface area contributed by atoms with E-state index in [9.17, 15) is 8.42 Å². The van der Waals surface area contributed by atoms with Crippen molar-refractivity contribution >= 4 is 21.5 Å². The van der Waals surface area contributed by atoms with Gasteiger partial charge in [0, 0.05) is 18.8 Å². The first-order chi connectivity index (χ1) is 11.6. The number of sulfonamides is 1. The molecule has 0 atom stereocenters. The highest BCUT2D eigenvalue weighted by Gasteiger charge is 2.24. The minimum atomic E-state index is -3.62.